The molecule has 0 N–H and O–H groups in total. The van der Waals surface area contributed by atoms with Gasteiger partial charge in [0, 0.05) is 0 Å². The third-order valence-corrected chi connectivity index (χ3v) is 0. The second-order valence-corrected chi connectivity index (χ2v) is 18.2. The van der Waals surface area contributed by atoms with Crippen LogP contribution in [0.15, 0.2) is 0 Å². The van der Waals surface area contributed by atoms with Crippen LogP contribution in [-0.2, 0) is 0 Å². The molecule has 0 bridgehead atoms. The van der Waals surface area contributed by atoms with Crippen LogP contribution >= 0.6 is 18.5 Å². The van der Waals surface area contributed by atoms with Crippen LogP contribution in [0.1, 0.15) is 0 Å². The molecule has 0 aromatic heterocycles. The van der Waals surface area contributed by atoms with Crippen LogP contribution in [0, 0.1) is 0 Å². The van der Waals surface area contributed by atoms with Crippen LogP contribution in [0.3, 0.4) is 0 Å². The summed E-state index contributed by atoms with van der Waals surface area (Å²) in [7, 11) is 0. The third-order valence-electron chi connectivity index (χ3n) is 0. The molecule has 0 spiro atoms. The maximum atomic E-state index is 2.53. The predicted molar refractivity (Wildman–Crippen MR) is 31.5 cm³/mol. The van der Waals surface area contributed by atoms with E-state index in [0.29, 0.717) is 0 Å². The van der Waals surface area contributed by atoms with Crippen molar-refractivity contribution in [2.45, 2.75) is 9.74 Å². The summed E-state index contributed by atoms with van der Waals surface area (Å²) in [6.45, 7) is 0. The van der Waals surface area contributed by atoms with Crippen molar-refractivity contribution in [1.82, 2.24) is 0 Å². The van der Waals surface area contributed by atoms with Gasteiger partial charge < -0.3 is 0 Å². The molecule has 0 aromatic rings. The van der Waals surface area contributed by atoms with Crippen LogP contribution in [-0.4, -0.2) is 16.2 Å². The van der Waals surface area contributed by atoms with E-state index in [9.17, 15) is 0 Å². The van der Waals surface area contributed by atoms with Gasteiger partial charge in [0.1, 0.15) is 0 Å². The standard InChI is InChI=1S/2CH3.HI.Sb/h2*1H3;1H;/q;;;+1/p-1. The Hall–Kier alpha value is 1.55. The third kappa shape index (κ3) is 9.61. The minimum absolute atomic E-state index is 0.480. The fraction of sp³-hybridized carbons (Fsp3) is 1.00. The predicted octanol–water partition coefficient (Wildman–Crippen LogP) is 1.67. The van der Waals surface area contributed by atoms with Crippen LogP contribution in [0.5, 0.6) is 0 Å². The fourth-order valence-electron chi connectivity index (χ4n) is 0. The zero-order valence-corrected chi connectivity index (χ0v) is 7.54. The van der Waals surface area contributed by atoms with Crippen molar-refractivity contribution in [2.75, 3.05) is 0 Å². The molecule has 0 aliphatic rings. The summed E-state index contributed by atoms with van der Waals surface area (Å²) in [6.07, 6.45) is 0. The first kappa shape index (κ1) is 5.55. The second-order valence-electron chi connectivity index (χ2n) is 0.785. The van der Waals surface area contributed by atoms with Gasteiger partial charge in [-0.05, 0) is 0 Å². The van der Waals surface area contributed by atoms with Crippen LogP contribution in [0.4, 0.5) is 0 Å². The van der Waals surface area contributed by atoms with Gasteiger partial charge in [0.2, 0.25) is 0 Å². The molecule has 0 atom stereocenters. The van der Waals surface area contributed by atoms with E-state index in [0.717, 1.165) is 0 Å². The molecule has 0 saturated heterocycles. The Morgan fingerprint density at radius 1 is 1.50 bits per heavy atom. The summed E-state index contributed by atoms with van der Waals surface area (Å²) >= 11 is 2.05. The van der Waals surface area contributed by atoms with Gasteiger partial charge in [0.05, 0.1) is 0 Å². The zero-order valence-electron chi connectivity index (χ0n) is 2.83. The first-order valence-corrected chi connectivity index (χ1v) is 13.6. The van der Waals surface area contributed by atoms with Gasteiger partial charge >= 0.3 is 44.4 Å². The van der Waals surface area contributed by atoms with E-state index in [1.807, 2.05) is 0 Å². The SMILES string of the molecule is [CH3][Sb]([CH3])[I]. The summed E-state index contributed by atoms with van der Waals surface area (Å²) in [4.78, 5) is 4.67. The zero-order chi connectivity index (χ0) is 3.58. The van der Waals surface area contributed by atoms with E-state index < -0.39 is 16.2 Å². The Balaban J connectivity index is 2.32. The summed E-state index contributed by atoms with van der Waals surface area (Å²) in [6, 6.07) is 0. The first-order valence-electron chi connectivity index (χ1n) is 1.06. The average Bonchev–Trinajstić information content (AvgIpc) is 0.811. The summed E-state index contributed by atoms with van der Waals surface area (Å²) in [5, 5.41) is 0. The van der Waals surface area contributed by atoms with Crippen molar-refractivity contribution in [3.63, 3.8) is 0 Å². The molecule has 26 valence electrons. The summed E-state index contributed by atoms with van der Waals surface area (Å²) in [5.41, 5.74) is 0. The molecule has 0 heterocycles. The maximum absolute atomic E-state index is 2.53. The molecule has 0 saturated carbocycles. The van der Waals surface area contributed by atoms with E-state index in [1.165, 1.54) is 0 Å². The molecule has 0 aromatic carbocycles. The Kier molecular flexibility index (Phi) is 3.84. The molecule has 0 nitrogen and oxygen atoms in total. The van der Waals surface area contributed by atoms with Gasteiger partial charge in [0.15, 0.2) is 0 Å². The van der Waals surface area contributed by atoms with E-state index in [4.69, 9.17) is 0 Å². The van der Waals surface area contributed by atoms with Crippen LogP contribution in [0.2, 0.25) is 9.74 Å². The summed E-state index contributed by atoms with van der Waals surface area (Å²) < 4.78 is 0. The van der Waals surface area contributed by atoms with Gasteiger partial charge in [-0.25, -0.2) is 0 Å². The molecule has 0 rings (SSSR count). The number of hydrogen-bond donors (Lipinski definition) is 0. The van der Waals surface area contributed by atoms with Gasteiger partial charge in [-0.15, -0.1) is 0 Å². The topological polar surface area (TPSA) is 0 Å². The normalized spacial score (nSPS) is 9.00. The van der Waals surface area contributed by atoms with Crippen molar-refractivity contribution in [3.8, 4) is 0 Å². The molecule has 0 aliphatic carbocycles. The molecule has 0 radical (unpaired) electrons. The monoisotopic (exact) mass is 278 g/mol. The first-order chi connectivity index (χ1) is 1.73. The minimum atomic E-state index is -0.480. The van der Waals surface area contributed by atoms with Gasteiger partial charge in [0.25, 0.3) is 0 Å². The van der Waals surface area contributed by atoms with E-state index in [2.05, 4.69) is 28.2 Å². The Bertz CT molecular complexity index is 10.8. The van der Waals surface area contributed by atoms with Crippen LogP contribution in [0.25, 0.3) is 0 Å². The Morgan fingerprint density at radius 3 is 1.50 bits per heavy atom. The number of rotatable bonds is 0. The van der Waals surface area contributed by atoms with Crippen molar-refractivity contribution < 1.29 is 0 Å². The number of hydrogen-bond acceptors (Lipinski definition) is 0. The molecule has 0 aliphatic heterocycles. The molecule has 4 heavy (non-hydrogen) atoms. The average molecular weight is 279 g/mol. The second kappa shape index (κ2) is 2.77. The molecule has 0 fully saturated rings. The quantitative estimate of drug-likeness (QED) is 0.467. The van der Waals surface area contributed by atoms with Gasteiger partial charge in [-0.3, -0.25) is 0 Å². The molecule has 0 amide bonds. The molecule has 2 heteroatoms. The molecular weight excluding hydrogens is 273 g/mol. The van der Waals surface area contributed by atoms with Crippen molar-refractivity contribution >= 4 is 34.7 Å². The molecular formula is C2H6ISb. The van der Waals surface area contributed by atoms with E-state index in [-0.39, 0.29) is 0 Å². The molecule has 0 unspecified atom stereocenters. The fourth-order valence-corrected chi connectivity index (χ4v) is 0. The van der Waals surface area contributed by atoms with E-state index in [1.54, 1.807) is 0 Å². The summed E-state index contributed by atoms with van der Waals surface area (Å²) in [5.74, 6) is 0. The van der Waals surface area contributed by atoms with E-state index >= 15 is 0 Å². The van der Waals surface area contributed by atoms with Crippen LogP contribution < -0.4 is 0 Å². The van der Waals surface area contributed by atoms with Gasteiger partial charge in [-0.2, -0.15) is 0 Å². The Morgan fingerprint density at radius 2 is 1.50 bits per heavy atom. The Labute approximate surface area is 44.0 Å². The van der Waals surface area contributed by atoms with Gasteiger partial charge in [-0.1, -0.05) is 0 Å². The van der Waals surface area contributed by atoms with Crippen molar-refractivity contribution in [1.29, 1.82) is 0 Å². The van der Waals surface area contributed by atoms with Crippen molar-refractivity contribution in [3.05, 3.63) is 0 Å². The number of halogens is 1. The van der Waals surface area contributed by atoms with Crippen molar-refractivity contribution in [2.24, 2.45) is 0 Å².